The number of carbonyl (C=O) groups is 1. The van der Waals surface area contributed by atoms with E-state index in [4.69, 9.17) is 16.7 Å². The van der Waals surface area contributed by atoms with Gasteiger partial charge in [0.05, 0.1) is 5.52 Å². The molecule has 8 nitrogen and oxygen atoms in total. The van der Waals surface area contributed by atoms with Crippen molar-refractivity contribution < 1.29 is 9.90 Å². The number of aromatic nitrogens is 3. The molecule has 2 aromatic heterocycles. The van der Waals surface area contributed by atoms with Gasteiger partial charge in [0.1, 0.15) is 10.7 Å². The molecule has 0 unspecified atom stereocenters. The van der Waals surface area contributed by atoms with Gasteiger partial charge in [-0.3, -0.25) is 9.88 Å². The summed E-state index contributed by atoms with van der Waals surface area (Å²) < 4.78 is 0. The summed E-state index contributed by atoms with van der Waals surface area (Å²) in [5, 5.41) is 12.7. The smallest absolute Gasteiger partial charge is 0.407 e. The van der Waals surface area contributed by atoms with Crippen molar-refractivity contribution in [3.8, 4) is 0 Å². The summed E-state index contributed by atoms with van der Waals surface area (Å²) in [5.41, 5.74) is 1.31. The van der Waals surface area contributed by atoms with E-state index in [9.17, 15) is 4.79 Å². The van der Waals surface area contributed by atoms with Gasteiger partial charge in [-0.1, -0.05) is 11.6 Å². The van der Waals surface area contributed by atoms with E-state index in [0.29, 0.717) is 48.2 Å². The van der Waals surface area contributed by atoms with Crippen molar-refractivity contribution >= 4 is 34.5 Å². The van der Waals surface area contributed by atoms with Crippen molar-refractivity contribution in [1.82, 2.24) is 24.8 Å². The highest BCUT2D eigenvalue weighted by Gasteiger charge is 2.27. The monoisotopic (exact) mass is 336 g/mol. The van der Waals surface area contributed by atoms with E-state index in [1.807, 2.05) is 7.05 Å². The minimum absolute atomic E-state index is 0.0485. The van der Waals surface area contributed by atoms with E-state index in [2.05, 4.69) is 25.2 Å². The highest BCUT2D eigenvalue weighted by atomic mass is 35.5. The largest absolute Gasteiger partial charge is 0.465 e. The molecule has 23 heavy (non-hydrogen) atoms. The van der Waals surface area contributed by atoms with E-state index in [0.717, 1.165) is 0 Å². The Balaban J connectivity index is 1.76. The molecule has 2 aromatic rings. The molecule has 9 heteroatoms. The summed E-state index contributed by atoms with van der Waals surface area (Å²) in [6.07, 6.45) is 2.31. The first kappa shape index (κ1) is 15.7. The van der Waals surface area contributed by atoms with Gasteiger partial charge in [-0.25, -0.2) is 14.8 Å². The van der Waals surface area contributed by atoms with Crippen LogP contribution in [0.15, 0.2) is 18.5 Å². The van der Waals surface area contributed by atoms with Gasteiger partial charge < -0.3 is 15.3 Å². The fourth-order valence-electron chi connectivity index (χ4n) is 2.62. The lowest BCUT2D eigenvalue weighted by Crippen LogP contribution is -2.55. The first-order valence-corrected chi connectivity index (χ1v) is 7.61. The quantitative estimate of drug-likeness (QED) is 0.818. The maximum absolute atomic E-state index is 11.1. The second-order valence-corrected chi connectivity index (χ2v) is 5.85. The number of nitrogens with zero attached hydrogens (tertiary/aromatic N) is 5. The lowest BCUT2D eigenvalue weighted by Gasteiger charge is -2.38. The van der Waals surface area contributed by atoms with Gasteiger partial charge in [0.2, 0.25) is 0 Å². The summed E-state index contributed by atoms with van der Waals surface area (Å²) in [6.45, 7) is 2.20. The predicted molar refractivity (Wildman–Crippen MR) is 86.8 cm³/mol. The second kappa shape index (κ2) is 6.51. The highest BCUT2D eigenvalue weighted by Crippen LogP contribution is 2.21. The number of nitrogens with one attached hydrogen (secondary N) is 1. The molecule has 2 N–H and O–H groups in total. The number of halogens is 1. The fraction of sp³-hybridized carbons (Fsp3) is 0.429. The minimum Gasteiger partial charge on any atom is -0.465 e. The summed E-state index contributed by atoms with van der Waals surface area (Å²) in [6, 6.07) is 1.71. The molecule has 1 atom stereocenters. The van der Waals surface area contributed by atoms with Crippen molar-refractivity contribution in [1.29, 1.82) is 0 Å². The zero-order valence-electron chi connectivity index (χ0n) is 12.6. The zero-order chi connectivity index (χ0) is 16.4. The molecule has 0 bridgehead atoms. The third kappa shape index (κ3) is 3.43. The van der Waals surface area contributed by atoms with Gasteiger partial charge in [0, 0.05) is 50.7 Å². The number of pyridine rings is 1. The Labute approximate surface area is 138 Å². The van der Waals surface area contributed by atoms with Crippen molar-refractivity contribution in [2.24, 2.45) is 0 Å². The first-order valence-electron chi connectivity index (χ1n) is 7.24. The third-order valence-corrected chi connectivity index (χ3v) is 4.17. The number of hydrogen-bond acceptors (Lipinski definition) is 6. The van der Waals surface area contributed by atoms with Gasteiger partial charge in [0.25, 0.3) is 0 Å². The van der Waals surface area contributed by atoms with E-state index >= 15 is 0 Å². The molecule has 1 aliphatic rings. The Morgan fingerprint density at radius 1 is 1.43 bits per heavy atom. The molecular formula is C14H17ClN6O2. The number of likely N-dealkylation sites (N-methyl/N-ethyl adjacent to an activating group) is 1. The summed E-state index contributed by atoms with van der Waals surface area (Å²) in [7, 11) is 1.98. The SMILES string of the molecule is CN1CCN(C(=O)O)C[C@H]1CNc1nc(Cl)cc2nccnc12. The molecule has 0 saturated carbocycles. The fourth-order valence-corrected chi connectivity index (χ4v) is 2.81. The average Bonchev–Trinajstić information content (AvgIpc) is 2.53. The van der Waals surface area contributed by atoms with Gasteiger partial charge in [-0.05, 0) is 7.05 Å². The van der Waals surface area contributed by atoms with Crippen LogP contribution in [0.3, 0.4) is 0 Å². The number of fused-ring (bicyclic) bond motifs is 1. The van der Waals surface area contributed by atoms with Crippen LogP contribution in [0.2, 0.25) is 5.15 Å². The van der Waals surface area contributed by atoms with Crippen LogP contribution in [0.4, 0.5) is 10.6 Å². The van der Waals surface area contributed by atoms with Gasteiger partial charge in [-0.15, -0.1) is 0 Å². The van der Waals surface area contributed by atoms with E-state index < -0.39 is 6.09 Å². The van der Waals surface area contributed by atoms with Crippen LogP contribution in [-0.4, -0.2) is 75.2 Å². The molecule has 0 aliphatic carbocycles. The van der Waals surface area contributed by atoms with Crippen LogP contribution in [0, 0.1) is 0 Å². The Hall–Kier alpha value is -2.19. The lowest BCUT2D eigenvalue weighted by atomic mass is 10.2. The van der Waals surface area contributed by atoms with E-state index in [1.165, 1.54) is 4.90 Å². The molecule has 3 heterocycles. The third-order valence-electron chi connectivity index (χ3n) is 3.98. The second-order valence-electron chi connectivity index (χ2n) is 5.46. The number of amides is 1. The summed E-state index contributed by atoms with van der Waals surface area (Å²) in [5.74, 6) is 0.557. The van der Waals surface area contributed by atoms with Gasteiger partial charge >= 0.3 is 6.09 Å². The molecule has 1 amide bonds. The Bertz CT molecular complexity index is 727. The van der Waals surface area contributed by atoms with E-state index in [1.54, 1.807) is 18.5 Å². The van der Waals surface area contributed by atoms with Gasteiger partial charge in [0.15, 0.2) is 5.82 Å². The maximum Gasteiger partial charge on any atom is 0.407 e. The van der Waals surface area contributed by atoms with Crippen LogP contribution in [0.1, 0.15) is 0 Å². The van der Waals surface area contributed by atoms with Gasteiger partial charge in [-0.2, -0.15) is 0 Å². The first-order chi connectivity index (χ1) is 11.0. The number of hydrogen-bond donors (Lipinski definition) is 2. The van der Waals surface area contributed by atoms with E-state index in [-0.39, 0.29) is 6.04 Å². The Kier molecular flexibility index (Phi) is 4.44. The van der Waals surface area contributed by atoms with Crippen molar-refractivity contribution in [3.05, 3.63) is 23.6 Å². The normalized spacial score (nSPS) is 19.0. The molecule has 3 rings (SSSR count). The standard InChI is InChI=1S/C14H17ClN6O2/c1-20-4-5-21(14(22)23)8-9(20)7-18-13-12-10(6-11(15)19-13)16-2-3-17-12/h2-3,6,9H,4-5,7-8H2,1H3,(H,18,19)(H,22,23)/t9-/m1/s1. The topological polar surface area (TPSA) is 94.5 Å². The molecule has 0 spiro atoms. The van der Waals surface area contributed by atoms with Crippen molar-refractivity contribution in [2.45, 2.75) is 6.04 Å². The average molecular weight is 337 g/mol. The Morgan fingerprint density at radius 3 is 3.00 bits per heavy atom. The highest BCUT2D eigenvalue weighted by molar-refractivity contribution is 6.30. The van der Waals surface area contributed by atoms with Crippen molar-refractivity contribution in [3.63, 3.8) is 0 Å². The number of anilines is 1. The van der Waals surface area contributed by atoms with Crippen LogP contribution in [0.25, 0.3) is 11.0 Å². The number of rotatable bonds is 3. The zero-order valence-corrected chi connectivity index (χ0v) is 13.4. The van der Waals surface area contributed by atoms with Crippen LogP contribution in [-0.2, 0) is 0 Å². The maximum atomic E-state index is 11.1. The number of piperazine rings is 1. The molecule has 1 fully saturated rings. The minimum atomic E-state index is -0.889. The number of carboxylic acid groups (broad SMARTS) is 1. The van der Waals surface area contributed by atoms with Crippen LogP contribution in [0.5, 0.6) is 0 Å². The molecule has 0 radical (unpaired) electrons. The molecule has 1 saturated heterocycles. The molecule has 122 valence electrons. The lowest BCUT2D eigenvalue weighted by molar-refractivity contribution is 0.0874. The van der Waals surface area contributed by atoms with Crippen LogP contribution < -0.4 is 5.32 Å². The summed E-state index contributed by atoms with van der Waals surface area (Å²) >= 11 is 6.02. The van der Waals surface area contributed by atoms with Crippen LogP contribution >= 0.6 is 11.6 Å². The predicted octanol–water partition coefficient (Wildman–Crippen LogP) is 1.38. The Morgan fingerprint density at radius 2 is 2.22 bits per heavy atom. The molecule has 1 aliphatic heterocycles. The molecular weight excluding hydrogens is 320 g/mol. The van der Waals surface area contributed by atoms with Crippen molar-refractivity contribution in [2.75, 3.05) is 38.5 Å². The molecule has 0 aromatic carbocycles. The summed E-state index contributed by atoms with van der Waals surface area (Å²) in [4.78, 5) is 27.5.